The number of hydrogen-bond donors (Lipinski definition) is 1. The minimum absolute atomic E-state index is 0.101. The van der Waals surface area contributed by atoms with Crippen LogP contribution in [0, 0.1) is 5.82 Å². The summed E-state index contributed by atoms with van der Waals surface area (Å²) >= 11 is 0. The molecule has 1 aliphatic heterocycles. The van der Waals surface area contributed by atoms with E-state index in [9.17, 15) is 9.18 Å². The number of benzene rings is 2. The summed E-state index contributed by atoms with van der Waals surface area (Å²) < 4.78 is 13.8. The number of nitrogens with zero attached hydrogens (tertiary/aromatic N) is 1. The van der Waals surface area contributed by atoms with E-state index in [1.807, 2.05) is 43.1 Å². The smallest absolute Gasteiger partial charge is 0.284 e. The summed E-state index contributed by atoms with van der Waals surface area (Å²) in [4.78, 5) is 15.7. The van der Waals surface area contributed by atoms with Crippen molar-refractivity contribution in [3.63, 3.8) is 0 Å². The number of hydrogen-bond acceptors (Lipinski definition) is 1. The van der Waals surface area contributed by atoms with Crippen LogP contribution in [0.1, 0.15) is 18.1 Å². The fourth-order valence-electron chi connectivity index (χ4n) is 3.11. The average molecular weight is 313 g/mol. The molecule has 1 aliphatic rings. The molecule has 0 bridgehead atoms. The van der Waals surface area contributed by atoms with Gasteiger partial charge in [-0.2, -0.15) is 0 Å². The summed E-state index contributed by atoms with van der Waals surface area (Å²) in [6, 6.07) is 14.6. The standard InChI is InChI=1S/C19H21FN2O/c1-14(21(2)13-16-8-3-5-9-17(16)20)19(23)22-12-11-15-7-4-6-10-18(15)22/h3-10,14H,11-13H2,1-2H3/p+1/t14-/m0/s1. The monoisotopic (exact) mass is 313 g/mol. The fourth-order valence-corrected chi connectivity index (χ4v) is 3.11. The average Bonchev–Trinajstić information content (AvgIpc) is 2.99. The number of quaternary nitrogens is 1. The molecule has 1 heterocycles. The van der Waals surface area contributed by atoms with Crippen molar-refractivity contribution < 1.29 is 14.1 Å². The lowest BCUT2D eigenvalue weighted by molar-refractivity contribution is -0.908. The van der Waals surface area contributed by atoms with Gasteiger partial charge < -0.3 is 9.80 Å². The summed E-state index contributed by atoms with van der Waals surface area (Å²) in [5, 5.41) is 0. The molecule has 0 aliphatic carbocycles. The van der Waals surface area contributed by atoms with E-state index in [2.05, 4.69) is 6.07 Å². The Morgan fingerprint density at radius 3 is 2.70 bits per heavy atom. The molecule has 0 aromatic heterocycles. The summed E-state index contributed by atoms with van der Waals surface area (Å²) in [5.74, 6) is -0.109. The highest BCUT2D eigenvalue weighted by Crippen LogP contribution is 2.27. The zero-order valence-electron chi connectivity index (χ0n) is 13.6. The molecule has 4 heteroatoms. The van der Waals surface area contributed by atoms with Crippen LogP contribution in [-0.4, -0.2) is 25.5 Å². The molecule has 0 radical (unpaired) electrons. The van der Waals surface area contributed by atoms with Crippen LogP contribution in [0.4, 0.5) is 10.1 Å². The zero-order valence-corrected chi connectivity index (χ0v) is 13.6. The van der Waals surface area contributed by atoms with Crippen molar-refractivity contribution in [2.24, 2.45) is 0 Å². The molecule has 0 fully saturated rings. The lowest BCUT2D eigenvalue weighted by Gasteiger charge is -2.26. The lowest BCUT2D eigenvalue weighted by Crippen LogP contribution is -3.12. The number of rotatable bonds is 4. The Morgan fingerprint density at radius 2 is 1.91 bits per heavy atom. The Kier molecular flexibility index (Phi) is 4.44. The van der Waals surface area contributed by atoms with Gasteiger partial charge in [-0.25, -0.2) is 4.39 Å². The van der Waals surface area contributed by atoms with Crippen LogP contribution >= 0.6 is 0 Å². The van der Waals surface area contributed by atoms with Crippen molar-refractivity contribution in [3.8, 4) is 0 Å². The Morgan fingerprint density at radius 1 is 1.22 bits per heavy atom. The van der Waals surface area contributed by atoms with E-state index in [1.54, 1.807) is 12.1 Å². The normalized spacial score (nSPS) is 16.0. The largest absolute Gasteiger partial charge is 0.324 e. The minimum Gasteiger partial charge on any atom is -0.324 e. The Hall–Kier alpha value is -2.20. The molecule has 2 aromatic carbocycles. The van der Waals surface area contributed by atoms with Crippen LogP contribution in [-0.2, 0) is 17.8 Å². The highest BCUT2D eigenvalue weighted by molar-refractivity contribution is 5.97. The molecule has 3 nitrogen and oxygen atoms in total. The molecule has 23 heavy (non-hydrogen) atoms. The van der Waals surface area contributed by atoms with Crippen molar-refractivity contribution in [2.75, 3.05) is 18.5 Å². The van der Waals surface area contributed by atoms with Gasteiger partial charge in [0.15, 0.2) is 6.04 Å². The Bertz CT molecular complexity index is 716. The van der Waals surface area contributed by atoms with Crippen molar-refractivity contribution in [1.29, 1.82) is 0 Å². The first-order valence-electron chi connectivity index (χ1n) is 8.03. The Balaban J connectivity index is 1.72. The number of anilines is 1. The maximum absolute atomic E-state index is 13.8. The summed E-state index contributed by atoms with van der Waals surface area (Å²) in [6.07, 6.45) is 0.904. The van der Waals surface area contributed by atoms with Gasteiger partial charge in [-0.3, -0.25) is 4.79 Å². The predicted octanol–water partition coefficient (Wildman–Crippen LogP) is 1.82. The molecule has 2 aromatic rings. The summed E-state index contributed by atoms with van der Waals surface area (Å²) in [6.45, 7) is 3.14. The molecule has 3 rings (SSSR count). The van der Waals surface area contributed by atoms with E-state index in [-0.39, 0.29) is 17.8 Å². The number of likely N-dealkylation sites (N-methyl/N-ethyl adjacent to an activating group) is 1. The Labute approximate surface area is 136 Å². The van der Waals surface area contributed by atoms with Gasteiger partial charge in [0.2, 0.25) is 0 Å². The van der Waals surface area contributed by atoms with Crippen LogP contribution in [0.2, 0.25) is 0 Å². The minimum atomic E-state index is -0.222. The quantitative estimate of drug-likeness (QED) is 0.915. The summed E-state index contributed by atoms with van der Waals surface area (Å²) in [7, 11) is 1.94. The molecule has 1 unspecified atom stereocenters. The third-order valence-electron chi connectivity index (χ3n) is 4.69. The number of carbonyl (C=O) groups is 1. The third-order valence-corrected chi connectivity index (χ3v) is 4.69. The van der Waals surface area contributed by atoms with Crippen LogP contribution in [0.5, 0.6) is 0 Å². The first-order valence-corrected chi connectivity index (χ1v) is 8.03. The van der Waals surface area contributed by atoms with Crippen LogP contribution in [0.3, 0.4) is 0 Å². The molecular formula is C19H22FN2O+. The van der Waals surface area contributed by atoms with Gasteiger partial charge in [-0.05, 0) is 31.0 Å². The van der Waals surface area contributed by atoms with E-state index in [0.29, 0.717) is 12.1 Å². The lowest BCUT2D eigenvalue weighted by atomic mass is 10.1. The highest BCUT2D eigenvalue weighted by Gasteiger charge is 2.32. The second-order valence-electron chi connectivity index (χ2n) is 6.20. The van der Waals surface area contributed by atoms with Gasteiger partial charge in [0.05, 0.1) is 7.05 Å². The maximum atomic E-state index is 13.8. The zero-order chi connectivity index (χ0) is 16.4. The van der Waals surface area contributed by atoms with Crippen molar-refractivity contribution in [2.45, 2.75) is 25.9 Å². The van der Waals surface area contributed by atoms with Crippen LogP contribution in [0.15, 0.2) is 48.5 Å². The SMILES string of the molecule is C[C@@H](C(=O)N1CCc2ccccc21)[NH+](C)Cc1ccccc1F. The molecular weight excluding hydrogens is 291 g/mol. The van der Waals surface area contributed by atoms with E-state index in [1.165, 1.54) is 11.6 Å². The molecule has 1 N–H and O–H groups in total. The summed E-state index contributed by atoms with van der Waals surface area (Å²) in [5.41, 5.74) is 2.88. The van der Waals surface area contributed by atoms with E-state index in [4.69, 9.17) is 0 Å². The van der Waals surface area contributed by atoms with Gasteiger partial charge in [0.25, 0.3) is 5.91 Å². The van der Waals surface area contributed by atoms with Gasteiger partial charge in [0.1, 0.15) is 12.4 Å². The maximum Gasteiger partial charge on any atom is 0.284 e. The molecule has 0 saturated heterocycles. The van der Waals surface area contributed by atoms with Gasteiger partial charge in [-0.15, -0.1) is 0 Å². The first kappa shape index (κ1) is 15.7. The number of halogens is 1. The molecule has 0 saturated carbocycles. The topological polar surface area (TPSA) is 24.8 Å². The van der Waals surface area contributed by atoms with Gasteiger partial charge in [0, 0.05) is 17.8 Å². The van der Waals surface area contributed by atoms with Gasteiger partial charge >= 0.3 is 0 Å². The first-order chi connectivity index (χ1) is 11.1. The second kappa shape index (κ2) is 6.50. The number of carbonyl (C=O) groups excluding carboxylic acids is 1. The van der Waals surface area contributed by atoms with E-state index < -0.39 is 0 Å². The predicted molar refractivity (Wildman–Crippen MR) is 89.0 cm³/mol. The van der Waals surface area contributed by atoms with Crippen LogP contribution < -0.4 is 9.80 Å². The van der Waals surface area contributed by atoms with E-state index >= 15 is 0 Å². The molecule has 0 spiro atoms. The fraction of sp³-hybridized carbons (Fsp3) is 0.316. The third kappa shape index (κ3) is 3.13. The van der Waals surface area contributed by atoms with Crippen molar-refractivity contribution in [3.05, 3.63) is 65.5 Å². The van der Waals surface area contributed by atoms with Crippen molar-refractivity contribution in [1.82, 2.24) is 0 Å². The number of fused-ring (bicyclic) bond motifs is 1. The molecule has 1 amide bonds. The van der Waals surface area contributed by atoms with E-state index in [0.717, 1.165) is 23.6 Å². The van der Waals surface area contributed by atoms with Crippen molar-refractivity contribution >= 4 is 11.6 Å². The number of amides is 1. The van der Waals surface area contributed by atoms with Gasteiger partial charge in [-0.1, -0.05) is 36.4 Å². The molecule has 120 valence electrons. The van der Waals surface area contributed by atoms with Crippen LogP contribution in [0.25, 0.3) is 0 Å². The molecule has 2 atom stereocenters. The number of nitrogens with one attached hydrogen (secondary N) is 1. The number of para-hydroxylation sites is 1. The highest BCUT2D eigenvalue weighted by atomic mass is 19.1. The second-order valence-corrected chi connectivity index (χ2v) is 6.20.